The van der Waals surface area contributed by atoms with Crippen LogP contribution < -0.4 is 0 Å². The molecule has 0 saturated carbocycles. The number of aliphatic hydroxyl groups excluding tert-OH is 2. The van der Waals surface area contributed by atoms with Crippen LogP contribution >= 0.6 is 0 Å². The van der Waals surface area contributed by atoms with Crippen LogP contribution in [0.15, 0.2) is 0 Å². The summed E-state index contributed by atoms with van der Waals surface area (Å²) in [5.74, 6) is 0.823. The van der Waals surface area contributed by atoms with Crippen LogP contribution in [0, 0.1) is 5.92 Å². The molecular formula is C11H26O2W. The number of aliphatic hydroxyl groups is 2. The van der Waals surface area contributed by atoms with Gasteiger partial charge in [0.05, 0.1) is 0 Å². The molecule has 0 aliphatic carbocycles. The van der Waals surface area contributed by atoms with Gasteiger partial charge >= 0.3 is 0 Å². The summed E-state index contributed by atoms with van der Waals surface area (Å²) in [5.41, 5.74) is 0. The molecule has 0 aromatic carbocycles. The van der Waals surface area contributed by atoms with E-state index in [-0.39, 0.29) is 27.2 Å². The van der Waals surface area contributed by atoms with Gasteiger partial charge in [-0.2, -0.15) is 0 Å². The van der Waals surface area contributed by atoms with Crippen molar-refractivity contribution in [1.29, 1.82) is 0 Å². The molecule has 0 bridgehead atoms. The maximum atomic E-state index is 8.43. The average Bonchev–Trinajstić information content (AvgIpc) is 1.97. The quantitative estimate of drug-likeness (QED) is 0.727. The van der Waals surface area contributed by atoms with Gasteiger partial charge in [-0.15, -0.1) is 0 Å². The van der Waals surface area contributed by atoms with E-state index < -0.39 is 0 Å². The van der Waals surface area contributed by atoms with Crippen molar-refractivity contribution in [3.8, 4) is 0 Å². The minimum absolute atomic E-state index is 0. The minimum atomic E-state index is -0.167. The van der Waals surface area contributed by atoms with Crippen molar-refractivity contribution in [3.05, 3.63) is 0 Å². The third-order valence-corrected chi connectivity index (χ3v) is 1.44. The fraction of sp³-hybridized carbons (Fsp3) is 1.00. The predicted octanol–water partition coefficient (Wildman–Crippen LogP) is 2.58. The summed E-state index contributed by atoms with van der Waals surface area (Å²) in [5, 5.41) is 16.5. The fourth-order valence-corrected chi connectivity index (χ4v) is 0.841. The Labute approximate surface area is 103 Å². The summed E-state index contributed by atoms with van der Waals surface area (Å²) in [6.45, 7) is 8.27. The summed E-state index contributed by atoms with van der Waals surface area (Å²) < 4.78 is 0. The van der Waals surface area contributed by atoms with Crippen LogP contribution in [0.4, 0.5) is 0 Å². The Bertz CT molecular complexity index is 82.6. The molecule has 0 aromatic rings. The van der Waals surface area contributed by atoms with Gasteiger partial charge in [0.2, 0.25) is 0 Å². The molecule has 0 fully saturated rings. The molecule has 0 aromatic heterocycles. The van der Waals surface area contributed by atoms with E-state index >= 15 is 0 Å². The fourth-order valence-electron chi connectivity index (χ4n) is 0.841. The van der Waals surface area contributed by atoms with Crippen LogP contribution in [-0.2, 0) is 21.1 Å². The topological polar surface area (TPSA) is 40.5 Å². The van der Waals surface area contributed by atoms with Gasteiger partial charge in [0.25, 0.3) is 0 Å². The summed E-state index contributed by atoms with van der Waals surface area (Å²) in [4.78, 5) is 0. The number of rotatable bonds is 5. The van der Waals surface area contributed by atoms with Gasteiger partial charge in [0.1, 0.15) is 0 Å². The molecule has 0 spiro atoms. The zero-order valence-corrected chi connectivity index (χ0v) is 12.9. The molecule has 2 nitrogen and oxygen atoms in total. The number of unbranched alkanes of at least 4 members (excludes halogenated alkanes) is 2. The van der Waals surface area contributed by atoms with E-state index in [1.54, 1.807) is 13.8 Å². The molecule has 88 valence electrons. The Hall–Kier alpha value is 0.608. The van der Waals surface area contributed by atoms with Gasteiger partial charge in [-0.1, -0.05) is 33.1 Å². The van der Waals surface area contributed by atoms with E-state index in [1.807, 2.05) is 0 Å². The maximum absolute atomic E-state index is 8.43. The second-order valence-electron chi connectivity index (χ2n) is 4.06. The van der Waals surface area contributed by atoms with Crippen LogP contribution in [0.1, 0.15) is 53.4 Å². The van der Waals surface area contributed by atoms with Gasteiger partial charge in [-0.25, -0.2) is 0 Å². The van der Waals surface area contributed by atoms with E-state index in [0.717, 1.165) is 12.3 Å². The van der Waals surface area contributed by atoms with Crippen molar-refractivity contribution >= 4 is 0 Å². The standard InChI is InChI=1S/C8H18O.C3H8O.W/c1-8(2)6-4-3-5-7-9;1-3(2)4;/h8-9H,3-7H2,1-2H3;3-4H,1-2H3;. The third-order valence-electron chi connectivity index (χ3n) is 1.44. The zero-order chi connectivity index (χ0) is 10.7. The predicted molar refractivity (Wildman–Crippen MR) is 57.7 cm³/mol. The number of hydrogen-bond donors (Lipinski definition) is 2. The molecular weight excluding hydrogens is 348 g/mol. The smallest absolute Gasteiger partial charge is 0.0483 e. The van der Waals surface area contributed by atoms with Crippen molar-refractivity contribution in [3.63, 3.8) is 0 Å². The van der Waals surface area contributed by atoms with Gasteiger partial charge in [-0.3, -0.25) is 0 Å². The molecule has 0 saturated heterocycles. The van der Waals surface area contributed by atoms with Crippen molar-refractivity contribution < 1.29 is 31.3 Å². The summed E-state index contributed by atoms with van der Waals surface area (Å²) in [6.07, 6.45) is 4.58. The van der Waals surface area contributed by atoms with Gasteiger partial charge < -0.3 is 10.2 Å². The summed E-state index contributed by atoms with van der Waals surface area (Å²) >= 11 is 0. The normalized spacial score (nSPS) is 9.43. The Kier molecular flexibility index (Phi) is 23.0. The van der Waals surface area contributed by atoms with Crippen molar-refractivity contribution in [2.24, 2.45) is 5.92 Å². The molecule has 3 heteroatoms. The molecule has 0 heterocycles. The Morgan fingerprint density at radius 3 is 1.64 bits per heavy atom. The van der Waals surface area contributed by atoms with Gasteiger partial charge in [-0.05, 0) is 26.2 Å². The van der Waals surface area contributed by atoms with E-state index in [0.29, 0.717) is 6.61 Å². The molecule has 2 N–H and O–H groups in total. The van der Waals surface area contributed by atoms with Crippen molar-refractivity contribution in [2.45, 2.75) is 59.5 Å². The average molecular weight is 374 g/mol. The Balaban J connectivity index is -0.000000209. The summed E-state index contributed by atoms with van der Waals surface area (Å²) in [7, 11) is 0. The molecule has 0 aliphatic rings. The summed E-state index contributed by atoms with van der Waals surface area (Å²) in [6, 6.07) is 0. The van der Waals surface area contributed by atoms with Crippen LogP contribution in [0.2, 0.25) is 0 Å². The van der Waals surface area contributed by atoms with Crippen molar-refractivity contribution in [2.75, 3.05) is 6.61 Å². The van der Waals surface area contributed by atoms with E-state index in [4.69, 9.17) is 10.2 Å². The van der Waals surface area contributed by atoms with Gasteiger partial charge in [0, 0.05) is 33.8 Å². The zero-order valence-electron chi connectivity index (χ0n) is 9.99. The minimum Gasteiger partial charge on any atom is -0.396 e. The molecule has 0 amide bonds. The Morgan fingerprint density at radius 1 is 0.929 bits per heavy atom. The second-order valence-corrected chi connectivity index (χ2v) is 4.06. The Morgan fingerprint density at radius 2 is 1.36 bits per heavy atom. The number of hydrogen-bond acceptors (Lipinski definition) is 2. The van der Waals surface area contributed by atoms with Crippen LogP contribution in [-0.4, -0.2) is 22.9 Å². The van der Waals surface area contributed by atoms with Gasteiger partial charge in [0.15, 0.2) is 0 Å². The molecule has 0 atom stereocenters. The first kappa shape index (κ1) is 20.1. The van der Waals surface area contributed by atoms with E-state index in [2.05, 4.69) is 13.8 Å². The van der Waals surface area contributed by atoms with E-state index in [1.165, 1.54) is 19.3 Å². The first-order chi connectivity index (χ1) is 6.00. The first-order valence-electron chi connectivity index (χ1n) is 5.29. The monoisotopic (exact) mass is 374 g/mol. The van der Waals surface area contributed by atoms with Crippen LogP contribution in [0.3, 0.4) is 0 Å². The molecule has 0 rings (SSSR count). The van der Waals surface area contributed by atoms with Crippen LogP contribution in [0.25, 0.3) is 0 Å². The van der Waals surface area contributed by atoms with E-state index in [9.17, 15) is 0 Å². The molecule has 14 heavy (non-hydrogen) atoms. The first-order valence-corrected chi connectivity index (χ1v) is 5.29. The maximum Gasteiger partial charge on any atom is 0.0483 e. The largest absolute Gasteiger partial charge is 0.396 e. The second kappa shape index (κ2) is 16.1. The molecule has 0 unspecified atom stereocenters. The SMILES string of the molecule is CC(C)CCCCCO.CC(C)O.[W]. The van der Waals surface area contributed by atoms with Crippen molar-refractivity contribution in [1.82, 2.24) is 0 Å². The van der Waals surface area contributed by atoms with Crippen LogP contribution in [0.5, 0.6) is 0 Å². The third kappa shape index (κ3) is 38.9. The molecule has 0 aliphatic heterocycles. The molecule has 0 radical (unpaired) electrons.